The minimum atomic E-state index is -1.13. The van der Waals surface area contributed by atoms with Crippen molar-refractivity contribution in [1.29, 1.82) is 0 Å². The Morgan fingerprint density at radius 2 is 2.09 bits per heavy atom. The molecule has 5 heteroatoms. The highest BCUT2D eigenvalue weighted by Gasteiger charge is 2.30. The predicted octanol–water partition coefficient (Wildman–Crippen LogP) is 3.07. The predicted molar refractivity (Wildman–Crippen MR) is 85.4 cm³/mol. The molecule has 0 bridgehead atoms. The standard InChI is InChI=1S/C18H18N2O3/c1-12-4-2-5-13(10-12)16-6-3-9-20(16)17(21)14-7-8-19-15(11-14)18(22)23/h2,4-5,7-8,10-11,16H,3,6,9H2,1H3,(H,22,23). The summed E-state index contributed by atoms with van der Waals surface area (Å²) >= 11 is 0. The SMILES string of the molecule is Cc1cccc(C2CCCN2C(=O)c2ccnc(C(=O)O)c2)c1. The number of hydrogen-bond acceptors (Lipinski definition) is 3. The Morgan fingerprint density at radius 3 is 2.83 bits per heavy atom. The Labute approximate surface area is 134 Å². The fourth-order valence-electron chi connectivity index (χ4n) is 3.08. The number of carbonyl (C=O) groups is 2. The number of rotatable bonds is 3. The van der Waals surface area contributed by atoms with Crippen LogP contribution in [0.15, 0.2) is 42.6 Å². The fraction of sp³-hybridized carbons (Fsp3) is 0.278. The van der Waals surface area contributed by atoms with Crippen molar-refractivity contribution in [2.45, 2.75) is 25.8 Å². The molecular formula is C18H18N2O3. The maximum Gasteiger partial charge on any atom is 0.354 e. The largest absolute Gasteiger partial charge is 0.477 e. The Hall–Kier alpha value is -2.69. The summed E-state index contributed by atoms with van der Waals surface area (Å²) in [6, 6.07) is 11.1. The van der Waals surface area contributed by atoms with Crippen molar-refractivity contribution in [1.82, 2.24) is 9.88 Å². The summed E-state index contributed by atoms with van der Waals surface area (Å²) in [7, 11) is 0. The minimum absolute atomic E-state index is 0.0452. The van der Waals surface area contributed by atoms with Gasteiger partial charge in [-0.05, 0) is 37.5 Å². The molecule has 1 aromatic carbocycles. The van der Waals surface area contributed by atoms with Crippen molar-refractivity contribution < 1.29 is 14.7 Å². The van der Waals surface area contributed by atoms with Gasteiger partial charge in [0.15, 0.2) is 0 Å². The second-order valence-electron chi connectivity index (χ2n) is 5.81. The average molecular weight is 310 g/mol. The molecule has 0 radical (unpaired) electrons. The van der Waals surface area contributed by atoms with Crippen LogP contribution in [-0.4, -0.2) is 33.4 Å². The zero-order chi connectivity index (χ0) is 16.4. The average Bonchev–Trinajstić information content (AvgIpc) is 3.04. The number of hydrogen-bond donors (Lipinski definition) is 1. The van der Waals surface area contributed by atoms with Gasteiger partial charge in [-0.1, -0.05) is 29.8 Å². The normalized spacial score (nSPS) is 17.3. The molecule has 23 heavy (non-hydrogen) atoms. The molecule has 1 aliphatic rings. The van der Waals surface area contributed by atoms with E-state index >= 15 is 0 Å². The van der Waals surface area contributed by atoms with E-state index in [9.17, 15) is 9.59 Å². The molecule has 1 atom stereocenters. The monoisotopic (exact) mass is 310 g/mol. The number of amides is 1. The van der Waals surface area contributed by atoms with Crippen molar-refractivity contribution in [2.75, 3.05) is 6.54 Å². The topological polar surface area (TPSA) is 70.5 Å². The first-order valence-electron chi connectivity index (χ1n) is 7.63. The van der Waals surface area contributed by atoms with Crippen molar-refractivity contribution in [3.63, 3.8) is 0 Å². The molecule has 0 spiro atoms. The number of pyridine rings is 1. The lowest BCUT2D eigenvalue weighted by molar-refractivity contribution is 0.0690. The van der Waals surface area contributed by atoms with Crippen LogP contribution in [0.1, 0.15) is 50.9 Å². The first kappa shape index (κ1) is 15.2. The van der Waals surface area contributed by atoms with Gasteiger partial charge < -0.3 is 10.0 Å². The number of aromatic nitrogens is 1. The van der Waals surface area contributed by atoms with Gasteiger partial charge in [-0.25, -0.2) is 9.78 Å². The summed E-state index contributed by atoms with van der Waals surface area (Å²) in [5, 5.41) is 9.03. The molecule has 1 N–H and O–H groups in total. The summed E-state index contributed by atoms with van der Waals surface area (Å²) < 4.78 is 0. The second-order valence-corrected chi connectivity index (χ2v) is 5.81. The van der Waals surface area contributed by atoms with Crippen molar-refractivity contribution in [3.05, 3.63) is 65.0 Å². The second kappa shape index (κ2) is 6.20. The molecule has 2 heterocycles. The van der Waals surface area contributed by atoms with E-state index in [0.29, 0.717) is 12.1 Å². The number of nitrogens with zero attached hydrogens (tertiary/aromatic N) is 2. The molecule has 1 saturated heterocycles. The smallest absolute Gasteiger partial charge is 0.354 e. The number of aromatic carboxylic acids is 1. The number of carboxylic acid groups (broad SMARTS) is 1. The van der Waals surface area contributed by atoms with Crippen molar-refractivity contribution in [2.24, 2.45) is 0 Å². The van der Waals surface area contributed by atoms with Crippen LogP contribution >= 0.6 is 0 Å². The highest BCUT2D eigenvalue weighted by Crippen LogP contribution is 2.33. The molecule has 1 aliphatic heterocycles. The first-order chi connectivity index (χ1) is 11.1. The van der Waals surface area contributed by atoms with Crippen LogP contribution in [0.3, 0.4) is 0 Å². The van der Waals surface area contributed by atoms with Gasteiger partial charge in [0.25, 0.3) is 5.91 Å². The molecule has 1 aromatic heterocycles. The highest BCUT2D eigenvalue weighted by molar-refractivity contribution is 5.97. The van der Waals surface area contributed by atoms with Gasteiger partial charge in [-0.3, -0.25) is 4.79 Å². The molecule has 0 aliphatic carbocycles. The number of carboxylic acids is 1. The van der Waals surface area contributed by atoms with Crippen LogP contribution < -0.4 is 0 Å². The van der Waals surface area contributed by atoms with E-state index in [0.717, 1.165) is 18.4 Å². The fourth-order valence-corrected chi connectivity index (χ4v) is 3.08. The molecule has 1 amide bonds. The maximum absolute atomic E-state index is 12.8. The van der Waals surface area contributed by atoms with Gasteiger partial charge >= 0.3 is 5.97 Å². The van der Waals surface area contributed by atoms with E-state index in [2.05, 4.69) is 11.1 Å². The van der Waals surface area contributed by atoms with Gasteiger partial charge in [-0.15, -0.1) is 0 Å². The van der Waals surface area contributed by atoms with Crippen LogP contribution in [0.25, 0.3) is 0 Å². The number of aryl methyl sites for hydroxylation is 1. The van der Waals surface area contributed by atoms with E-state index in [1.165, 1.54) is 17.8 Å². The van der Waals surface area contributed by atoms with E-state index < -0.39 is 5.97 Å². The number of benzene rings is 1. The van der Waals surface area contributed by atoms with Crippen LogP contribution in [0.2, 0.25) is 0 Å². The summed E-state index contributed by atoms with van der Waals surface area (Å²) in [6.07, 6.45) is 3.24. The Kier molecular flexibility index (Phi) is 4.10. The lowest BCUT2D eigenvalue weighted by Gasteiger charge is -2.25. The Balaban J connectivity index is 1.89. The lowest BCUT2D eigenvalue weighted by atomic mass is 10.0. The van der Waals surface area contributed by atoms with Crippen LogP contribution in [-0.2, 0) is 0 Å². The minimum Gasteiger partial charge on any atom is -0.477 e. The van der Waals surface area contributed by atoms with E-state index in [4.69, 9.17) is 5.11 Å². The zero-order valence-corrected chi connectivity index (χ0v) is 12.9. The maximum atomic E-state index is 12.8. The van der Waals surface area contributed by atoms with Gasteiger partial charge in [-0.2, -0.15) is 0 Å². The van der Waals surface area contributed by atoms with E-state index in [-0.39, 0.29) is 17.6 Å². The van der Waals surface area contributed by atoms with Crippen molar-refractivity contribution in [3.8, 4) is 0 Å². The third-order valence-electron chi connectivity index (χ3n) is 4.17. The lowest BCUT2D eigenvalue weighted by Crippen LogP contribution is -2.30. The molecule has 118 valence electrons. The Morgan fingerprint density at radius 1 is 1.26 bits per heavy atom. The summed E-state index contributed by atoms with van der Waals surface area (Å²) in [4.78, 5) is 29.4. The Bertz CT molecular complexity index is 757. The highest BCUT2D eigenvalue weighted by atomic mass is 16.4. The zero-order valence-electron chi connectivity index (χ0n) is 12.9. The van der Waals surface area contributed by atoms with Gasteiger partial charge in [0, 0.05) is 18.3 Å². The molecule has 1 fully saturated rings. The third-order valence-corrected chi connectivity index (χ3v) is 4.17. The molecule has 3 rings (SSSR count). The van der Waals surface area contributed by atoms with Crippen LogP contribution in [0.5, 0.6) is 0 Å². The van der Waals surface area contributed by atoms with Gasteiger partial charge in [0.2, 0.25) is 0 Å². The summed E-state index contributed by atoms with van der Waals surface area (Å²) in [6.45, 7) is 2.72. The summed E-state index contributed by atoms with van der Waals surface area (Å²) in [5.41, 5.74) is 2.56. The number of carbonyl (C=O) groups excluding carboxylic acids is 1. The summed E-state index contributed by atoms with van der Waals surface area (Å²) in [5.74, 6) is -1.27. The molecule has 5 nitrogen and oxygen atoms in total. The molecular weight excluding hydrogens is 292 g/mol. The van der Waals surface area contributed by atoms with Crippen molar-refractivity contribution >= 4 is 11.9 Å². The quantitative estimate of drug-likeness (QED) is 0.946. The van der Waals surface area contributed by atoms with Crippen LogP contribution in [0.4, 0.5) is 0 Å². The van der Waals surface area contributed by atoms with Gasteiger partial charge in [0.1, 0.15) is 5.69 Å². The van der Waals surface area contributed by atoms with Gasteiger partial charge in [0.05, 0.1) is 6.04 Å². The third kappa shape index (κ3) is 3.08. The number of likely N-dealkylation sites (tertiary alicyclic amines) is 1. The van der Waals surface area contributed by atoms with E-state index in [1.807, 2.05) is 30.0 Å². The van der Waals surface area contributed by atoms with E-state index in [1.54, 1.807) is 6.07 Å². The van der Waals surface area contributed by atoms with Crippen LogP contribution in [0, 0.1) is 6.92 Å². The molecule has 0 saturated carbocycles. The first-order valence-corrected chi connectivity index (χ1v) is 7.63. The molecule has 2 aromatic rings. The molecule has 1 unspecified atom stereocenters.